The number of hydrogen-bond acceptors (Lipinski definition) is 1. The van der Waals surface area contributed by atoms with Crippen molar-refractivity contribution < 1.29 is 9.13 Å². The Bertz CT molecular complexity index is 570. The summed E-state index contributed by atoms with van der Waals surface area (Å²) >= 11 is 0. The van der Waals surface area contributed by atoms with Crippen molar-refractivity contribution in [3.63, 3.8) is 0 Å². The van der Waals surface area contributed by atoms with Crippen molar-refractivity contribution in [1.82, 2.24) is 0 Å². The average molecular weight is 226 g/mol. The van der Waals surface area contributed by atoms with Crippen LogP contribution in [0.1, 0.15) is 16.7 Å². The highest BCUT2D eigenvalue weighted by molar-refractivity contribution is 5.80. The molecule has 0 spiro atoms. The van der Waals surface area contributed by atoms with Gasteiger partial charge >= 0.3 is 0 Å². The molecule has 84 valence electrons. The third-order valence-corrected chi connectivity index (χ3v) is 2.83. The molecule has 1 aliphatic heterocycles. The van der Waals surface area contributed by atoms with Crippen molar-refractivity contribution in [1.29, 1.82) is 0 Å². The van der Waals surface area contributed by atoms with E-state index >= 15 is 0 Å². The zero-order valence-corrected chi connectivity index (χ0v) is 9.19. The monoisotopic (exact) mass is 226 g/mol. The van der Waals surface area contributed by atoms with Crippen molar-refractivity contribution in [2.24, 2.45) is 0 Å². The summed E-state index contributed by atoms with van der Waals surface area (Å²) in [5.41, 5.74) is 3.26. The first kappa shape index (κ1) is 10.1. The zero-order chi connectivity index (χ0) is 11.7. The molecule has 1 aliphatic rings. The maximum atomic E-state index is 12.8. The summed E-state index contributed by atoms with van der Waals surface area (Å²) in [5.74, 6) is 0.632. The summed E-state index contributed by atoms with van der Waals surface area (Å²) in [4.78, 5) is 0. The quantitative estimate of drug-likeness (QED) is 0.717. The van der Waals surface area contributed by atoms with E-state index in [0.29, 0.717) is 6.61 Å². The molecule has 2 aromatic rings. The van der Waals surface area contributed by atoms with Crippen molar-refractivity contribution in [2.75, 3.05) is 0 Å². The largest absolute Gasteiger partial charge is 0.488 e. The lowest BCUT2D eigenvalue weighted by molar-refractivity contribution is 0.287. The predicted octanol–water partition coefficient (Wildman–Crippen LogP) is 3.85. The third kappa shape index (κ3) is 1.94. The minimum atomic E-state index is -0.222. The van der Waals surface area contributed by atoms with Gasteiger partial charge in [0.25, 0.3) is 0 Å². The van der Waals surface area contributed by atoms with Crippen molar-refractivity contribution in [3.8, 4) is 0 Å². The van der Waals surface area contributed by atoms with E-state index in [1.54, 1.807) is 12.1 Å². The SMILES string of the molecule is Fc1ccc(/C=C2\OCc3ccccc32)cc1. The van der Waals surface area contributed by atoms with Crippen LogP contribution >= 0.6 is 0 Å². The van der Waals surface area contributed by atoms with E-state index in [1.165, 1.54) is 17.7 Å². The van der Waals surface area contributed by atoms with Crippen LogP contribution in [-0.4, -0.2) is 0 Å². The molecule has 0 atom stereocenters. The van der Waals surface area contributed by atoms with Crippen molar-refractivity contribution in [3.05, 3.63) is 71.0 Å². The molecule has 17 heavy (non-hydrogen) atoms. The zero-order valence-electron chi connectivity index (χ0n) is 9.19. The highest BCUT2D eigenvalue weighted by Gasteiger charge is 2.16. The van der Waals surface area contributed by atoms with Crippen LogP contribution < -0.4 is 0 Å². The number of rotatable bonds is 1. The third-order valence-electron chi connectivity index (χ3n) is 2.83. The van der Waals surface area contributed by atoms with Crippen LogP contribution in [-0.2, 0) is 11.3 Å². The Balaban J connectivity index is 1.99. The molecule has 0 bridgehead atoms. The topological polar surface area (TPSA) is 9.23 Å². The molecule has 0 fully saturated rings. The first-order chi connectivity index (χ1) is 8.33. The summed E-state index contributed by atoms with van der Waals surface area (Å²) in [6.45, 7) is 0.614. The smallest absolute Gasteiger partial charge is 0.128 e. The van der Waals surface area contributed by atoms with Gasteiger partial charge in [0.2, 0.25) is 0 Å². The molecule has 0 aliphatic carbocycles. The van der Waals surface area contributed by atoms with Gasteiger partial charge in [0.15, 0.2) is 0 Å². The van der Waals surface area contributed by atoms with Crippen molar-refractivity contribution >= 4 is 11.8 Å². The highest BCUT2D eigenvalue weighted by atomic mass is 19.1. The van der Waals surface area contributed by atoms with E-state index in [1.807, 2.05) is 24.3 Å². The molecule has 0 aromatic heterocycles. The fourth-order valence-electron chi connectivity index (χ4n) is 1.95. The summed E-state index contributed by atoms with van der Waals surface area (Å²) in [7, 11) is 0. The van der Waals surface area contributed by atoms with Gasteiger partial charge in [-0.15, -0.1) is 0 Å². The molecule has 0 radical (unpaired) electrons. The van der Waals surface area contributed by atoms with E-state index in [-0.39, 0.29) is 5.82 Å². The van der Waals surface area contributed by atoms with E-state index in [4.69, 9.17) is 4.74 Å². The van der Waals surface area contributed by atoms with Gasteiger partial charge in [-0.05, 0) is 23.8 Å². The first-order valence-electron chi connectivity index (χ1n) is 5.51. The van der Waals surface area contributed by atoms with Gasteiger partial charge in [0, 0.05) is 11.1 Å². The number of hydrogen-bond donors (Lipinski definition) is 0. The summed E-state index contributed by atoms with van der Waals surface area (Å²) < 4.78 is 18.4. The molecule has 2 heteroatoms. The maximum absolute atomic E-state index is 12.8. The minimum Gasteiger partial charge on any atom is -0.488 e. The second-order valence-corrected chi connectivity index (χ2v) is 4.01. The van der Waals surface area contributed by atoms with Gasteiger partial charge in [-0.3, -0.25) is 0 Å². The first-order valence-corrected chi connectivity index (χ1v) is 5.51. The van der Waals surface area contributed by atoms with Gasteiger partial charge in [0.1, 0.15) is 18.2 Å². The fraction of sp³-hybridized carbons (Fsp3) is 0.0667. The molecular weight excluding hydrogens is 215 g/mol. The number of benzene rings is 2. The Morgan fingerprint density at radius 3 is 2.59 bits per heavy atom. The standard InChI is InChI=1S/C15H11FO/c16-13-7-5-11(6-8-13)9-15-14-4-2-1-3-12(14)10-17-15/h1-9H,10H2/b15-9-. The lowest BCUT2D eigenvalue weighted by Crippen LogP contribution is -1.81. The van der Waals surface area contributed by atoms with E-state index in [2.05, 4.69) is 6.07 Å². The second-order valence-electron chi connectivity index (χ2n) is 4.01. The van der Waals surface area contributed by atoms with Crippen LogP contribution in [0, 0.1) is 5.82 Å². The molecule has 1 heterocycles. The Labute approximate surface area is 99.2 Å². The van der Waals surface area contributed by atoms with Gasteiger partial charge in [-0.25, -0.2) is 4.39 Å². The highest BCUT2D eigenvalue weighted by Crippen LogP contribution is 2.30. The van der Waals surface area contributed by atoms with Crippen molar-refractivity contribution in [2.45, 2.75) is 6.61 Å². The van der Waals surface area contributed by atoms with Crippen LogP contribution in [0.2, 0.25) is 0 Å². The fourth-order valence-corrected chi connectivity index (χ4v) is 1.95. The van der Waals surface area contributed by atoms with Gasteiger partial charge in [-0.2, -0.15) is 0 Å². The maximum Gasteiger partial charge on any atom is 0.128 e. The second kappa shape index (κ2) is 4.06. The van der Waals surface area contributed by atoms with E-state index in [0.717, 1.165) is 16.9 Å². The van der Waals surface area contributed by atoms with Crippen LogP contribution in [0.25, 0.3) is 11.8 Å². The van der Waals surface area contributed by atoms with Gasteiger partial charge in [0.05, 0.1) is 0 Å². The number of fused-ring (bicyclic) bond motifs is 1. The summed E-state index contributed by atoms with van der Waals surface area (Å²) in [5, 5.41) is 0. The molecule has 0 N–H and O–H groups in total. The molecular formula is C15H11FO. The lowest BCUT2D eigenvalue weighted by atomic mass is 10.1. The minimum absolute atomic E-state index is 0.222. The lowest BCUT2D eigenvalue weighted by Gasteiger charge is -2.00. The van der Waals surface area contributed by atoms with Gasteiger partial charge in [-0.1, -0.05) is 36.4 Å². The normalized spacial score (nSPS) is 15.7. The molecule has 0 saturated heterocycles. The molecule has 0 unspecified atom stereocenters. The number of halogens is 1. The van der Waals surface area contributed by atoms with Gasteiger partial charge < -0.3 is 4.74 Å². The van der Waals surface area contributed by atoms with Crippen LogP contribution in [0.5, 0.6) is 0 Å². The van der Waals surface area contributed by atoms with E-state index in [9.17, 15) is 4.39 Å². The molecule has 0 amide bonds. The van der Waals surface area contributed by atoms with Crippen LogP contribution in [0.4, 0.5) is 4.39 Å². The van der Waals surface area contributed by atoms with Crippen LogP contribution in [0.3, 0.4) is 0 Å². The predicted molar refractivity (Wildman–Crippen MR) is 65.5 cm³/mol. The molecule has 3 rings (SSSR count). The summed E-state index contributed by atoms with van der Waals surface area (Å²) in [6, 6.07) is 14.5. The average Bonchev–Trinajstić information content (AvgIpc) is 2.76. The van der Waals surface area contributed by atoms with Crippen LogP contribution in [0.15, 0.2) is 48.5 Å². The Morgan fingerprint density at radius 2 is 1.76 bits per heavy atom. The molecule has 0 saturated carbocycles. The Kier molecular flexibility index (Phi) is 2.41. The molecule has 2 aromatic carbocycles. The number of ether oxygens (including phenoxy) is 1. The molecule has 1 nitrogen and oxygen atoms in total. The van der Waals surface area contributed by atoms with E-state index < -0.39 is 0 Å². The Hall–Kier alpha value is -2.09. The summed E-state index contributed by atoms with van der Waals surface area (Å²) in [6.07, 6.45) is 1.94. The Morgan fingerprint density at radius 1 is 1.00 bits per heavy atom.